The lowest BCUT2D eigenvalue weighted by molar-refractivity contribution is 0.520. The van der Waals surface area contributed by atoms with E-state index in [9.17, 15) is 0 Å². The number of allylic oxidation sites excluding steroid dienone is 1. The third kappa shape index (κ3) is 3.21. The van der Waals surface area contributed by atoms with Gasteiger partial charge in [0.2, 0.25) is 0 Å². The lowest BCUT2D eigenvalue weighted by Crippen LogP contribution is -2.17. The Morgan fingerprint density at radius 1 is 1.36 bits per heavy atom. The van der Waals surface area contributed by atoms with Gasteiger partial charge in [0, 0.05) is 19.0 Å². The Kier molecular flexibility index (Phi) is 3.30. The Labute approximate surface area is 69.2 Å². The number of rotatable bonds is 2. The van der Waals surface area contributed by atoms with Crippen molar-refractivity contribution < 1.29 is 0 Å². The van der Waals surface area contributed by atoms with Crippen LogP contribution in [0.1, 0.15) is 27.7 Å². The third-order valence-corrected chi connectivity index (χ3v) is 1.50. The molecule has 0 aromatic heterocycles. The molecule has 0 fully saturated rings. The predicted octanol–water partition coefficient (Wildman–Crippen LogP) is 2.18. The van der Waals surface area contributed by atoms with Crippen molar-refractivity contribution in [1.29, 1.82) is 5.41 Å². The van der Waals surface area contributed by atoms with Crippen molar-refractivity contribution in [1.82, 2.24) is 5.32 Å². The molecule has 0 unspecified atom stereocenters. The van der Waals surface area contributed by atoms with Crippen LogP contribution < -0.4 is 5.32 Å². The second-order valence-electron chi connectivity index (χ2n) is 3.72. The van der Waals surface area contributed by atoms with Gasteiger partial charge in [0.05, 0.1) is 0 Å². The SMILES string of the molecule is CN/C=C(\C(C)=N)C(C)(C)C. The molecule has 0 aliphatic carbocycles. The lowest BCUT2D eigenvalue weighted by atomic mass is 9.84. The highest BCUT2D eigenvalue weighted by Gasteiger charge is 2.17. The van der Waals surface area contributed by atoms with E-state index in [1.807, 2.05) is 20.2 Å². The Balaban J connectivity index is 4.63. The molecule has 0 aliphatic rings. The molecule has 0 aromatic rings. The van der Waals surface area contributed by atoms with Gasteiger partial charge in [-0.3, -0.25) is 0 Å². The van der Waals surface area contributed by atoms with Gasteiger partial charge in [0.25, 0.3) is 0 Å². The number of nitrogens with one attached hydrogen (secondary N) is 2. The monoisotopic (exact) mass is 154 g/mol. The minimum absolute atomic E-state index is 0.0643. The molecule has 0 spiro atoms. The van der Waals surface area contributed by atoms with Crippen molar-refractivity contribution in [2.45, 2.75) is 27.7 Å². The Morgan fingerprint density at radius 3 is 1.91 bits per heavy atom. The molecule has 2 heteroatoms. The van der Waals surface area contributed by atoms with Gasteiger partial charge >= 0.3 is 0 Å². The maximum atomic E-state index is 7.50. The molecular formula is C9H18N2. The van der Waals surface area contributed by atoms with Crippen molar-refractivity contribution in [2.75, 3.05) is 7.05 Å². The molecule has 0 rings (SSSR count). The van der Waals surface area contributed by atoms with Crippen LogP contribution in [0.4, 0.5) is 0 Å². The van der Waals surface area contributed by atoms with E-state index in [0.717, 1.165) is 5.57 Å². The van der Waals surface area contributed by atoms with Crippen LogP contribution in [0.25, 0.3) is 0 Å². The summed E-state index contributed by atoms with van der Waals surface area (Å²) in [4.78, 5) is 0. The van der Waals surface area contributed by atoms with Crippen molar-refractivity contribution >= 4 is 5.71 Å². The topological polar surface area (TPSA) is 35.9 Å². The largest absolute Gasteiger partial charge is 0.394 e. The van der Waals surface area contributed by atoms with Crippen LogP contribution in [0.2, 0.25) is 0 Å². The van der Waals surface area contributed by atoms with Gasteiger partial charge in [-0.15, -0.1) is 0 Å². The normalized spacial score (nSPS) is 13.0. The molecule has 0 radical (unpaired) electrons. The van der Waals surface area contributed by atoms with E-state index >= 15 is 0 Å². The van der Waals surface area contributed by atoms with E-state index in [1.165, 1.54) is 0 Å². The van der Waals surface area contributed by atoms with Gasteiger partial charge in [0.15, 0.2) is 0 Å². The fourth-order valence-corrected chi connectivity index (χ4v) is 1.03. The predicted molar refractivity (Wildman–Crippen MR) is 50.0 cm³/mol. The minimum atomic E-state index is 0.0643. The first kappa shape index (κ1) is 10.2. The summed E-state index contributed by atoms with van der Waals surface area (Å²) in [7, 11) is 1.86. The molecule has 2 nitrogen and oxygen atoms in total. The summed E-state index contributed by atoms with van der Waals surface area (Å²) < 4.78 is 0. The van der Waals surface area contributed by atoms with Crippen molar-refractivity contribution in [3.8, 4) is 0 Å². The molecule has 0 bridgehead atoms. The first-order valence-electron chi connectivity index (χ1n) is 3.83. The first-order valence-corrected chi connectivity index (χ1v) is 3.83. The van der Waals surface area contributed by atoms with Crippen molar-refractivity contribution in [3.05, 3.63) is 11.8 Å². The Hall–Kier alpha value is -0.790. The van der Waals surface area contributed by atoms with Crippen molar-refractivity contribution in [3.63, 3.8) is 0 Å². The van der Waals surface area contributed by atoms with E-state index in [2.05, 4.69) is 26.1 Å². The first-order chi connectivity index (χ1) is 4.89. The molecule has 0 amide bonds. The highest BCUT2D eigenvalue weighted by atomic mass is 14.8. The number of hydrogen-bond acceptors (Lipinski definition) is 2. The summed E-state index contributed by atoms with van der Waals surface area (Å²) in [5.41, 5.74) is 1.75. The zero-order valence-electron chi connectivity index (χ0n) is 8.08. The maximum Gasteiger partial charge on any atom is 0.0334 e. The second kappa shape index (κ2) is 3.56. The van der Waals surface area contributed by atoms with Crippen LogP contribution in [-0.4, -0.2) is 12.8 Å². The smallest absolute Gasteiger partial charge is 0.0334 e. The van der Waals surface area contributed by atoms with Crippen molar-refractivity contribution in [2.24, 2.45) is 5.41 Å². The molecule has 0 aromatic carbocycles. The highest BCUT2D eigenvalue weighted by Crippen LogP contribution is 2.24. The third-order valence-electron chi connectivity index (χ3n) is 1.50. The van der Waals surface area contributed by atoms with Gasteiger partial charge in [-0.2, -0.15) is 0 Å². The molecule has 0 atom stereocenters. The van der Waals surface area contributed by atoms with Crippen LogP contribution in [0.3, 0.4) is 0 Å². The molecule has 0 saturated heterocycles. The van der Waals surface area contributed by atoms with Gasteiger partial charge in [-0.25, -0.2) is 0 Å². The fraction of sp³-hybridized carbons (Fsp3) is 0.667. The minimum Gasteiger partial charge on any atom is -0.394 e. The average molecular weight is 154 g/mol. The summed E-state index contributed by atoms with van der Waals surface area (Å²) in [6.45, 7) is 8.13. The van der Waals surface area contributed by atoms with Gasteiger partial charge in [-0.1, -0.05) is 20.8 Å². The molecular weight excluding hydrogens is 136 g/mol. The van der Waals surface area contributed by atoms with E-state index in [0.29, 0.717) is 5.71 Å². The number of hydrogen-bond donors (Lipinski definition) is 2. The zero-order chi connectivity index (χ0) is 9.07. The van der Waals surface area contributed by atoms with Gasteiger partial charge in [-0.05, 0) is 17.9 Å². The molecule has 64 valence electrons. The van der Waals surface area contributed by atoms with Gasteiger partial charge in [0.1, 0.15) is 0 Å². The standard InChI is InChI=1S/C9H18N2/c1-7(10)8(6-11-5)9(2,3)4/h6,10-11H,1-5H3/b8-6+,10-7?. The van der Waals surface area contributed by atoms with E-state index in [1.54, 1.807) is 0 Å². The van der Waals surface area contributed by atoms with Crippen LogP contribution in [0.15, 0.2) is 11.8 Å². The summed E-state index contributed by atoms with van der Waals surface area (Å²) in [6.07, 6.45) is 1.89. The Bertz CT molecular complexity index is 172. The zero-order valence-corrected chi connectivity index (χ0v) is 8.08. The summed E-state index contributed by atoms with van der Waals surface area (Å²) >= 11 is 0. The van der Waals surface area contributed by atoms with Gasteiger partial charge < -0.3 is 10.7 Å². The molecule has 0 heterocycles. The lowest BCUT2D eigenvalue weighted by Gasteiger charge is -2.22. The van der Waals surface area contributed by atoms with Crippen LogP contribution in [0.5, 0.6) is 0 Å². The summed E-state index contributed by atoms with van der Waals surface area (Å²) in [6, 6.07) is 0. The quantitative estimate of drug-likeness (QED) is 0.587. The summed E-state index contributed by atoms with van der Waals surface area (Å²) in [5.74, 6) is 0. The molecule has 2 N–H and O–H groups in total. The molecule has 11 heavy (non-hydrogen) atoms. The summed E-state index contributed by atoms with van der Waals surface area (Å²) in [5, 5.41) is 10.5. The van der Waals surface area contributed by atoms with E-state index < -0.39 is 0 Å². The van der Waals surface area contributed by atoms with Crippen LogP contribution >= 0.6 is 0 Å². The average Bonchev–Trinajstić information content (AvgIpc) is 1.79. The van der Waals surface area contributed by atoms with Crippen LogP contribution in [-0.2, 0) is 0 Å². The van der Waals surface area contributed by atoms with E-state index in [4.69, 9.17) is 5.41 Å². The molecule has 0 saturated carbocycles. The fourth-order valence-electron chi connectivity index (χ4n) is 1.03. The second-order valence-corrected chi connectivity index (χ2v) is 3.72. The van der Waals surface area contributed by atoms with E-state index in [-0.39, 0.29) is 5.41 Å². The maximum absolute atomic E-state index is 7.50. The Morgan fingerprint density at radius 2 is 1.82 bits per heavy atom. The molecule has 0 aliphatic heterocycles. The van der Waals surface area contributed by atoms with Crippen LogP contribution in [0, 0.1) is 10.8 Å². The highest BCUT2D eigenvalue weighted by molar-refractivity contribution is 5.96.